The Bertz CT molecular complexity index is 662. The summed E-state index contributed by atoms with van der Waals surface area (Å²) in [4.78, 5) is 16.2. The first-order valence-electron chi connectivity index (χ1n) is 5.93. The Balaban J connectivity index is 2.28. The average Bonchev–Trinajstić information content (AvgIpc) is 2.43. The van der Waals surface area contributed by atoms with E-state index in [4.69, 9.17) is 23.2 Å². The molecule has 1 heterocycles. The van der Waals surface area contributed by atoms with Crippen molar-refractivity contribution in [1.82, 2.24) is 4.98 Å². The number of nitrogens with one attached hydrogen (secondary N) is 1. The molecule has 1 amide bonds. The van der Waals surface area contributed by atoms with Crippen molar-refractivity contribution in [3.05, 3.63) is 57.6 Å². The van der Waals surface area contributed by atoms with Crippen molar-refractivity contribution in [3.8, 4) is 0 Å². The topological polar surface area (TPSA) is 42.0 Å². The van der Waals surface area contributed by atoms with Crippen molar-refractivity contribution in [2.45, 2.75) is 13.3 Å². The summed E-state index contributed by atoms with van der Waals surface area (Å²) in [6, 6.07) is 7.44. The average molecular weight is 313 g/mol. The fourth-order valence-electron chi connectivity index (χ4n) is 1.66. The highest BCUT2D eigenvalue weighted by atomic mass is 35.5. The number of halogens is 3. The van der Waals surface area contributed by atoms with Gasteiger partial charge in [-0.2, -0.15) is 0 Å². The Morgan fingerprint density at radius 3 is 2.80 bits per heavy atom. The molecule has 0 unspecified atom stereocenters. The van der Waals surface area contributed by atoms with Crippen molar-refractivity contribution in [2.75, 3.05) is 5.32 Å². The SMILES string of the molecule is CCc1cc(C(=O)Nc2cccc(Cl)c2F)cc(Cl)n1. The molecule has 0 aliphatic carbocycles. The predicted molar refractivity (Wildman–Crippen MR) is 78.0 cm³/mol. The molecule has 0 aliphatic rings. The minimum Gasteiger partial charge on any atom is -0.319 e. The van der Waals surface area contributed by atoms with E-state index in [1.165, 1.54) is 18.2 Å². The van der Waals surface area contributed by atoms with Gasteiger partial charge in [-0.3, -0.25) is 4.79 Å². The summed E-state index contributed by atoms with van der Waals surface area (Å²) in [5.41, 5.74) is 1.03. The monoisotopic (exact) mass is 312 g/mol. The molecule has 0 saturated carbocycles. The van der Waals surface area contributed by atoms with E-state index in [-0.39, 0.29) is 15.9 Å². The number of hydrogen-bond acceptors (Lipinski definition) is 2. The van der Waals surface area contributed by atoms with Crippen LogP contribution < -0.4 is 5.32 Å². The van der Waals surface area contributed by atoms with E-state index < -0.39 is 11.7 Å². The number of aryl methyl sites for hydroxylation is 1. The fourth-order valence-corrected chi connectivity index (χ4v) is 2.06. The number of nitrogens with zero attached hydrogens (tertiary/aromatic N) is 1. The minimum absolute atomic E-state index is 0.0217. The summed E-state index contributed by atoms with van der Waals surface area (Å²) in [7, 11) is 0. The zero-order valence-corrected chi connectivity index (χ0v) is 12.1. The number of anilines is 1. The Morgan fingerprint density at radius 2 is 2.10 bits per heavy atom. The van der Waals surface area contributed by atoms with Crippen LogP contribution in [-0.2, 0) is 6.42 Å². The lowest BCUT2D eigenvalue weighted by Gasteiger charge is -2.08. The van der Waals surface area contributed by atoms with Gasteiger partial charge in [0.25, 0.3) is 5.91 Å². The number of benzene rings is 1. The maximum Gasteiger partial charge on any atom is 0.255 e. The lowest BCUT2D eigenvalue weighted by Crippen LogP contribution is -2.14. The zero-order valence-electron chi connectivity index (χ0n) is 10.6. The molecule has 104 valence electrons. The van der Waals surface area contributed by atoms with Gasteiger partial charge in [-0.05, 0) is 30.7 Å². The number of rotatable bonds is 3. The van der Waals surface area contributed by atoms with Crippen LogP contribution in [0.5, 0.6) is 0 Å². The van der Waals surface area contributed by atoms with E-state index in [1.54, 1.807) is 12.1 Å². The molecule has 0 aliphatic heterocycles. The second-order valence-electron chi connectivity index (χ2n) is 4.08. The van der Waals surface area contributed by atoms with Crippen molar-refractivity contribution in [2.24, 2.45) is 0 Å². The number of pyridine rings is 1. The van der Waals surface area contributed by atoms with Crippen LogP contribution in [0.3, 0.4) is 0 Å². The molecule has 1 aromatic carbocycles. The van der Waals surface area contributed by atoms with Crippen LogP contribution in [0.4, 0.5) is 10.1 Å². The van der Waals surface area contributed by atoms with Gasteiger partial charge in [-0.25, -0.2) is 9.37 Å². The Labute approximate surface area is 125 Å². The third-order valence-electron chi connectivity index (χ3n) is 2.67. The number of hydrogen-bond donors (Lipinski definition) is 1. The Morgan fingerprint density at radius 1 is 1.35 bits per heavy atom. The van der Waals surface area contributed by atoms with Crippen LogP contribution in [-0.4, -0.2) is 10.9 Å². The highest BCUT2D eigenvalue weighted by Gasteiger charge is 2.13. The minimum atomic E-state index is -0.668. The molecule has 0 saturated heterocycles. The van der Waals surface area contributed by atoms with Crippen LogP contribution in [0.1, 0.15) is 23.0 Å². The highest BCUT2D eigenvalue weighted by molar-refractivity contribution is 6.31. The largest absolute Gasteiger partial charge is 0.319 e. The molecule has 2 rings (SSSR count). The smallest absolute Gasteiger partial charge is 0.255 e. The van der Waals surface area contributed by atoms with E-state index in [2.05, 4.69) is 10.3 Å². The summed E-state index contributed by atoms with van der Waals surface area (Å²) in [5.74, 6) is -1.14. The van der Waals surface area contributed by atoms with E-state index in [0.717, 1.165) is 0 Å². The van der Waals surface area contributed by atoms with Gasteiger partial charge in [0.15, 0.2) is 5.82 Å². The van der Waals surface area contributed by atoms with Crippen molar-refractivity contribution < 1.29 is 9.18 Å². The van der Waals surface area contributed by atoms with Gasteiger partial charge in [-0.1, -0.05) is 36.2 Å². The molecule has 1 aromatic heterocycles. The highest BCUT2D eigenvalue weighted by Crippen LogP contribution is 2.23. The zero-order chi connectivity index (χ0) is 14.7. The third-order valence-corrected chi connectivity index (χ3v) is 3.16. The molecule has 0 fully saturated rings. The molecule has 3 nitrogen and oxygen atoms in total. The van der Waals surface area contributed by atoms with Crippen molar-refractivity contribution >= 4 is 34.8 Å². The lowest BCUT2D eigenvalue weighted by molar-refractivity contribution is 0.102. The Kier molecular flexibility index (Phi) is 4.57. The molecule has 0 spiro atoms. The van der Waals surface area contributed by atoms with Gasteiger partial charge in [0.1, 0.15) is 5.15 Å². The van der Waals surface area contributed by atoms with Crippen LogP contribution in [0.25, 0.3) is 0 Å². The van der Waals surface area contributed by atoms with Crippen LogP contribution in [0, 0.1) is 5.82 Å². The number of aromatic nitrogens is 1. The molecule has 0 atom stereocenters. The predicted octanol–water partition coefficient (Wildman–Crippen LogP) is 4.34. The maximum absolute atomic E-state index is 13.7. The van der Waals surface area contributed by atoms with E-state index >= 15 is 0 Å². The molecule has 6 heteroatoms. The second-order valence-corrected chi connectivity index (χ2v) is 4.87. The van der Waals surface area contributed by atoms with Crippen LogP contribution >= 0.6 is 23.2 Å². The number of carbonyl (C=O) groups excluding carboxylic acids is 1. The van der Waals surface area contributed by atoms with Gasteiger partial charge in [0.2, 0.25) is 0 Å². The first kappa shape index (κ1) is 14.8. The second kappa shape index (κ2) is 6.20. The van der Waals surface area contributed by atoms with Gasteiger partial charge in [0, 0.05) is 11.3 Å². The van der Waals surface area contributed by atoms with E-state index in [9.17, 15) is 9.18 Å². The molecule has 2 aromatic rings. The summed E-state index contributed by atoms with van der Waals surface area (Å²) >= 11 is 11.5. The van der Waals surface area contributed by atoms with Gasteiger partial charge < -0.3 is 5.32 Å². The van der Waals surface area contributed by atoms with E-state index in [0.29, 0.717) is 17.7 Å². The van der Waals surface area contributed by atoms with Crippen molar-refractivity contribution in [3.63, 3.8) is 0 Å². The van der Waals surface area contributed by atoms with Gasteiger partial charge in [0.05, 0.1) is 10.7 Å². The first-order valence-corrected chi connectivity index (χ1v) is 6.68. The first-order chi connectivity index (χ1) is 9.51. The molecule has 1 N–H and O–H groups in total. The van der Waals surface area contributed by atoms with Crippen LogP contribution in [0.2, 0.25) is 10.2 Å². The number of amides is 1. The summed E-state index contributed by atoms with van der Waals surface area (Å²) < 4.78 is 13.7. The summed E-state index contributed by atoms with van der Waals surface area (Å²) in [6.07, 6.45) is 0.645. The maximum atomic E-state index is 13.7. The normalized spacial score (nSPS) is 10.4. The van der Waals surface area contributed by atoms with Crippen molar-refractivity contribution in [1.29, 1.82) is 0 Å². The summed E-state index contributed by atoms with van der Waals surface area (Å²) in [6.45, 7) is 1.90. The number of carbonyl (C=O) groups is 1. The fraction of sp³-hybridized carbons (Fsp3) is 0.143. The van der Waals surface area contributed by atoms with Gasteiger partial charge >= 0.3 is 0 Å². The third kappa shape index (κ3) is 3.26. The Hall–Kier alpha value is -1.65. The van der Waals surface area contributed by atoms with Crippen LogP contribution in [0.15, 0.2) is 30.3 Å². The van der Waals surface area contributed by atoms with E-state index in [1.807, 2.05) is 6.92 Å². The van der Waals surface area contributed by atoms with Gasteiger partial charge in [-0.15, -0.1) is 0 Å². The lowest BCUT2D eigenvalue weighted by atomic mass is 10.2. The summed E-state index contributed by atoms with van der Waals surface area (Å²) in [5, 5.41) is 2.63. The standard InChI is InChI=1S/C14H11Cl2FN2O/c1-2-9-6-8(7-12(16)18-9)14(20)19-11-5-3-4-10(15)13(11)17/h3-7H,2H2,1H3,(H,19,20). The molecule has 0 radical (unpaired) electrons. The molecular formula is C14H11Cl2FN2O. The molecular weight excluding hydrogens is 302 g/mol. The molecule has 20 heavy (non-hydrogen) atoms. The molecule has 0 bridgehead atoms. The quantitative estimate of drug-likeness (QED) is 0.856.